The van der Waals surface area contributed by atoms with Crippen LogP contribution >= 0.6 is 11.6 Å². The average Bonchev–Trinajstić information content (AvgIpc) is 3.08. The van der Waals surface area contributed by atoms with Crippen molar-refractivity contribution in [2.24, 2.45) is 0 Å². The summed E-state index contributed by atoms with van der Waals surface area (Å²) < 4.78 is 43.8. The molecule has 2 aliphatic heterocycles. The molecular formula is C19H12ClF3N2O. The summed E-state index contributed by atoms with van der Waals surface area (Å²) in [4.78, 5) is 16.6. The number of hydrogen-bond acceptors (Lipinski definition) is 1. The predicted octanol–water partition coefficient (Wildman–Crippen LogP) is 4.64. The molecule has 2 aliphatic rings. The van der Waals surface area contributed by atoms with Crippen LogP contribution in [0.4, 0.5) is 13.2 Å². The van der Waals surface area contributed by atoms with Gasteiger partial charge in [0.25, 0.3) is 5.91 Å². The summed E-state index contributed by atoms with van der Waals surface area (Å²) in [6, 6.07) is 11.0. The molecule has 7 heteroatoms. The molecule has 1 unspecified atom stereocenters. The van der Waals surface area contributed by atoms with Crippen molar-refractivity contribution in [1.82, 2.24) is 9.88 Å². The lowest BCUT2D eigenvalue weighted by Gasteiger charge is -2.43. The number of hydrogen-bond donors (Lipinski definition) is 1. The zero-order valence-corrected chi connectivity index (χ0v) is 14.1. The number of H-pyrrole nitrogens is 1. The Morgan fingerprint density at radius 1 is 1.15 bits per heavy atom. The number of halogens is 4. The van der Waals surface area contributed by atoms with Crippen LogP contribution in [-0.4, -0.2) is 28.5 Å². The second-order valence-electron chi connectivity index (χ2n) is 6.63. The summed E-state index contributed by atoms with van der Waals surface area (Å²) in [5.41, 5.74) is -1.24. The maximum absolute atomic E-state index is 14.6. The molecule has 1 aromatic heterocycles. The average molecular weight is 377 g/mol. The van der Waals surface area contributed by atoms with Gasteiger partial charge in [0, 0.05) is 33.6 Å². The third-order valence-corrected chi connectivity index (χ3v) is 5.66. The van der Waals surface area contributed by atoms with Gasteiger partial charge in [0.15, 0.2) is 0 Å². The van der Waals surface area contributed by atoms with Crippen molar-refractivity contribution >= 4 is 28.4 Å². The van der Waals surface area contributed by atoms with Crippen LogP contribution in [0.2, 0.25) is 5.02 Å². The molecule has 0 bridgehead atoms. The van der Waals surface area contributed by atoms with E-state index in [0.717, 1.165) is 4.90 Å². The number of amides is 1. The quantitative estimate of drug-likeness (QED) is 0.609. The molecule has 1 atom stereocenters. The van der Waals surface area contributed by atoms with Gasteiger partial charge in [-0.1, -0.05) is 35.9 Å². The van der Waals surface area contributed by atoms with Crippen LogP contribution in [0.1, 0.15) is 27.2 Å². The molecule has 0 aliphatic carbocycles. The van der Waals surface area contributed by atoms with E-state index in [-0.39, 0.29) is 23.4 Å². The van der Waals surface area contributed by atoms with Crippen molar-refractivity contribution in [3.05, 3.63) is 69.9 Å². The maximum Gasteiger partial charge on any atom is 0.421 e. The third-order valence-electron chi connectivity index (χ3n) is 5.42. The van der Waals surface area contributed by atoms with Gasteiger partial charge in [0.1, 0.15) is 0 Å². The van der Waals surface area contributed by atoms with Crippen molar-refractivity contribution in [2.45, 2.75) is 18.1 Å². The van der Waals surface area contributed by atoms with Crippen molar-refractivity contribution in [3.63, 3.8) is 0 Å². The molecule has 0 radical (unpaired) electrons. The van der Waals surface area contributed by atoms with Crippen molar-refractivity contribution in [2.75, 3.05) is 6.54 Å². The minimum absolute atomic E-state index is 0.00953. The van der Waals surface area contributed by atoms with Gasteiger partial charge in [-0.15, -0.1) is 0 Å². The molecule has 0 spiro atoms. The summed E-state index contributed by atoms with van der Waals surface area (Å²) in [5, 5.41) is 1.15. The van der Waals surface area contributed by atoms with Crippen LogP contribution in [-0.2, 0) is 12.0 Å². The normalized spacial score (nSPS) is 21.7. The number of aromatic amines is 1. The van der Waals surface area contributed by atoms with Crippen molar-refractivity contribution < 1.29 is 18.0 Å². The van der Waals surface area contributed by atoms with Crippen LogP contribution in [0.3, 0.4) is 0 Å². The van der Waals surface area contributed by atoms with E-state index in [1.807, 2.05) is 0 Å². The van der Waals surface area contributed by atoms with Crippen molar-refractivity contribution in [1.29, 1.82) is 0 Å². The van der Waals surface area contributed by atoms with Gasteiger partial charge in [0.05, 0.1) is 5.69 Å². The van der Waals surface area contributed by atoms with E-state index in [1.54, 1.807) is 24.3 Å². The van der Waals surface area contributed by atoms with Crippen LogP contribution in [0, 0.1) is 0 Å². The standard InChI is InChI=1S/C19H12ClF3N2O/c20-10-5-6-11-12-7-8-25-17(26)13-3-1-2-4-14(13)18(25,19(21,22)23)16(12)24-15(11)9-10/h1-6,9,24H,7-8H2. The second-order valence-corrected chi connectivity index (χ2v) is 7.07. The van der Waals surface area contributed by atoms with E-state index in [1.165, 1.54) is 18.2 Å². The highest BCUT2D eigenvalue weighted by Gasteiger charge is 2.69. The molecule has 132 valence electrons. The van der Waals surface area contributed by atoms with E-state index < -0.39 is 17.6 Å². The highest BCUT2D eigenvalue weighted by atomic mass is 35.5. The summed E-state index contributed by atoms with van der Waals surface area (Å²) in [6.45, 7) is 0.00953. The fourth-order valence-electron chi connectivity index (χ4n) is 4.43. The third kappa shape index (κ3) is 1.68. The SMILES string of the molecule is O=C1c2ccccc2C2(C(F)(F)F)c3[nH]c4cc(Cl)ccc4c3CCN12. The summed E-state index contributed by atoms with van der Waals surface area (Å²) in [7, 11) is 0. The molecule has 3 heterocycles. The molecule has 1 amide bonds. The first kappa shape index (κ1) is 15.8. The maximum atomic E-state index is 14.6. The van der Waals surface area contributed by atoms with Crippen molar-refractivity contribution in [3.8, 4) is 0 Å². The number of carbonyl (C=O) groups is 1. The van der Waals surface area contributed by atoms with Gasteiger partial charge in [-0.05, 0) is 30.2 Å². The molecule has 0 fully saturated rings. The molecule has 3 aromatic rings. The van der Waals surface area contributed by atoms with Gasteiger partial charge >= 0.3 is 6.18 Å². The fourth-order valence-corrected chi connectivity index (χ4v) is 4.61. The first-order valence-electron chi connectivity index (χ1n) is 8.14. The minimum Gasteiger partial charge on any atom is -0.356 e. The molecule has 5 rings (SSSR count). The lowest BCUT2D eigenvalue weighted by atomic mass is 9.80. The van der Waals surface area contributed by atoms with Crippen LogP contribution in [0.25, 0.3) is 10.9 Å². The number of aromatic nitrogens is 1. The Morgan fingerprint density at radius 2 is 1.92 bits per heavy atom. The first-order valence-corrected chi connectivity index (χ1v) is 8.52. The van der Waals surface area contributed by atoms with E-state index in [4.69, 9.17) is 11.6 Å². The molecule has 1 N–H and O–H groups in total. The highest BCUT2D eigenvalue weighted by molar-refractivity contribution is 6.31. The number of nitrogens with zero attached hydrogens (tertiary/aromatic N) is 1. The Bertz CT molecular complexity index is 1090. The lowest BCUT2D eigenvalue weighted by Crippen LogP contribution is -2.58. The molecule has 0 saturated heterocycles. The monoisotopic (exact) mass is 376 g/mol. The highest BCUT2D eigenvalue weighted by Crippen LogP contribution is 2.56. The number of rotatable bonds is 0. The van der Waals surface area contributed by atoms with Gasteiger partial charge in [0.2, 0.25) is 5.54 Å². The number of alkyl halides is 3. The number of fused-ring (bicyclic) bond motifs is 7. The van der Waals surface area contributed by atoms with Crippen LogP contribution in [0.15, 0.2) is 42.5 Å². The first-order chi connectivity index (χ1) is 12.4. The Hall–Kier alpha value is -2.47. The molecule has 2 aromatic carbocycles. The summed E-state index contributed by atoms with van der Waals surface area (Å²) >= 11 is 6.02. The molecule has 0 saturated carbocycles. The molecule has 3 nitrogen and oxygen atoms in total. The van der Waals surface area contributed by atoms with E-state index in [2.05, 4.69) is 4.98 Å². The van der Waals surface area contributed by atoms with Gasteiger partial charge < -0.3 is 9.88 Å². The summed E-state index contributed by atoms with van der Waals surface area (Å²) in [5.74, 6) is -0.583. The Balaban J connectivity index is 1.93. The number of benzene rings is 2. The zero-order chi connectivity index (χ0) is 18.3. The van der Waals surface area contributed by atoms with Crippen LogP contribution in [0.5, 0.6) is 0 Å². The molecule has 26 heavy (non-hydrogen) atoms. The summed E-state index contributed by atoms with van der Waals surface area (Å²) in [6.07, 6.45) is -4.32. The van der Waals surface area contributed by atoms with E-state index in [0.29, 0.717) is 27.9 Å². The Labute approximate surface area is 151 Å². The van der Waals surface area contributed by atoms with Crippen LogP contribution < -0.4 is 0 Å². The largest absolute Gasteiger partial charge is 0.421 e. The van der Waals surface area contributed by atoms with Gasteiger partial charge in [-0.2, -0.15) is 13.2 Å². The number of nitrogens with one attached hydrogen (secondary N) is 1. The lowest BCUT2D eigenvalue weighted by molar-refractivity contribution is -0.213. The van der Waals surface area contributed by atoms with E-state index >= 15 is 0 Å². The molecular weight excluding hydrogens is 365 g/mol. The predicted molar refractivity (Wildman–Crippen MR) is 91.3 cm³/mol. The second kappa shape index (κ2) is 4.82. The zero-order valence-electron chi connectivity index (χ0n) is 13.3. The van der Waals surface area contributed by atoms with E-state index in [9.17, 15) is 18.0 Å². The smallest absolute Gasteiger partial charge is 0.356 e. The Kier molecular flexibility index (Phi) is 2.92. The van der Waals surface area contributed by atoms with Gasteiger partial charge in [-0.3, -0.25) is 4.79 Å². The fraction of sp³-hybridized carbons (Fsp3) is 0.211. The van der Waals surface area contributed by atoms with Gasteiger partial charge in [-0.25, -0.2) is 0 Å². The Morgan fingerprint density at radius 3 is 2.69 bits per heavy atom. The minimum atomic E-state index is -4.67. The topological polar surface area (TPSA) is 36.1 Å². The number of carbonyl (C=O) groups excluding carboxylic acids is 1.